The molecule has 0 aliphatic carbocycles. The summed E-state index contributed by atoms with van der Waals surface area (Å²) in [5.41, 5.74) is 1.43. The van der Waals surface area contributed by atoms with E-state index in [1.807, 2.05) is 56.3 Å². The summed E-state index contributed by atoms with van der Waals surface area (Å²) < 4.78 is 11.8. The average Bonchev–Trinajstić information content (AvgIpc) is 3.11. The van der Waals surface area contributed by atoms with Gasteiger partial charge in [-0.2, -0.15) is 0 Å². The zero-order valence-corrected chi connectivity index (χ0v) is 18.7. The molecule has 6 nitrogen and oxygen atoms in total. The van der Waals surface area contributed by atoms with Crippen molar-refractivity contribution < 1.29 is 14.3 Å². The van der Waals surface area contributed by atoms with E-state index in [2.05, 4.69) is 0 Å². The first-order valence-electron chi connectivity index (χ1n) is 9.16. The summed E-state index contributed by atoms with van der Waals surface area (Å²) in [4.78, 5) is 21.7. The fraction of sp³-hybridized carbons (Fsp3) is 0.333. The van der Waals surface area contributed by atoms with Crippen LogP contribution in [0.2, 0.25) is 0 Å². The Morgan fingerprint density at radius 1 is 1.10 bits per heavy atom. The van der Waals surface area contributed by atoms with Crippen LogP contribution in [-0.2, 0) is 0 Å². The molecule has 1 aromatic heterocycles. The number of nitrogens with zero attached hydrogens (tertiary/aromatic N) is 3. The number of ether oxygens (including phenoxy) is 2. The van der Waals surface area contributed by atoms with Crippen molar-refractivity contribution in [2.24, 2.45) is 0 Å². The molecule has 0 N–H and O–H groups in total. The summed E-state index contributed by atoms with van der Waals surface area (Å²) in [7, 11) is 5.57. The van der Waals surface area contributed by atoms with E-state index in [0.29, 0.717) is 29.6 Å². The maximum absolute atomic E-state index is 13.3. The zero-order chi connectivity index (χ0) is 20.1. The van der Waals surface area contributed by atoms with Crippen LogP contribution < -0.4 is 14.4 Å². The van der Waals surface area contributed by atoms with Crippen LogP contribution in [-0.4, -0.2) is 56.7 Å². The van der Waals surface area contributed by atoms with Gasteiger partial charge in [0, 0.05) is 18.7 Å². The number of carbonyl (C=O) groups is 1. The number of anilines is 1. The van der Waals surface area contributed by atoms with Crippen LogP contribution in [0, 0.1) is 0 Å². The first-order chi connectivity index (χ1) is 13.5. The van der Waals surface area contributed by atoms with Crippen molar-refractivity contribution in [2.45, 2.75) is 6.92 Å². The van der Waals surface area contributed by atoms with Crippen molar-refractivity contribution in [1.29, 1.82) is 0 Å². The monoisotopic (exact) mass is 435 g/mol. The maximum Gasteiger partial charge on any atom is 0.260 e. The minimum atomic E-state index is -0.0927. The second-order valence-corrected chi connectivity index (χ2v) is 7.56. The quantitative estimate of drug-likeness (QED) is 0.527. The Morgan fingerprint density at radius 2 is 1.90 bits per heavy atom. The standard InChI is InChI=1S/C21H25N3O3S.ClH/c1-5-27-17-9-10-18-19(14-17)28-21(22-18)24(12-11-23(2)3)20(25)15-7-6-8-16(13-15)26-4;/h6-10,13-14H,5,11-12H2,1-4H3;1H. The van der Waals surface area contributed by atoms with Gasteiger partial charge in [-0.3, -0.25) is 9.69 Å². The van der Waals surface area contributed by atoms with E-state index >= 15 is 0 Å². The predicted molar refractivity (Wildman–Crippen MR) is 121 cm³/mol. The molecule has 3 rings (SSSR count). The molecular weight excluding hydrogens is 410 g/mol. The fourth-order valence-electron chi connectivity index (χ4n) is 2.76. The number of fused-ring (bicyclic) bond motifs is 1. The molecule has 0 fully saturated rings. The van der Waals surface area contributed by atoms with Gasteiger partial charge in [0.15, 0.2) is 5.13 Å². The first kappa shape index (κ1) is 22.9. The van der Waals surface area contributed by atoms with Gasteiger partial charge >= 0.3 is 0 Å². The number of methoxy groups -OCH3 is 1. The lowest BCUT2D eigenvalue weighted by Gasteiger charge is -2.22. The number of aromatic nitrogens is 1. The van der Waals surface area contributed by atoms with Crippen LogP contribution in [0.15, 0.2) is 42.5 Å². The highest BCUT2D eigenvalue weighted by molar-refractivity contribution is 7.22. The Labute approximate surface area is 181 Å². The predicted octanol–water partition coefficient (Wildman–Crippen LogP) is 4.33. The molecule has 1 amide bonds. The van der Waals surface area contributed by atoms with Gasteiger partial charge in [0.05, 0.1) is 23.9 Å². The van der Waals surface area contributed by atoms with Gasteiger partial charge in [0.25, 0.3) is 5.91 Å². The van der Waals surface area contributed by atoms with Crippen molar-refractivity contribution in [3.63, 3.8) is 0 Å². The van der Waals surface area contributed by atoms with Crippen molar-refractivity contribution >= 4 is 45.0 Å². The lowest BCUT2D eigenvalue weighted by atomic mass is 10.2. The summed E-state index contributed by atoms with van der Waals surface area (Å²) in [6, 6.07) is 13.0. The van der Waals surface area contributed by atoms with Crippen LogP contribution in [0.4, 0.5) is 5.13 Å². The van der Waals surface area contributed by atoms with Crippen LogP contribution in [0.1, 0.15) is 17.3 Å². The Balaban J connectivity index is 0.00000300. The molecule has 8 heteroatoms. The third kappa shape index (κ3) is 5.59. The Morgan fingerprint density at radius 3 is 2.59 bits per heavy atom. The van der Waals surface area contributed by atoms with Gasteiger partial charge in [0.2, 0.25) is 0 Å². The number of amides is 1. The highest BCUT2D eigenvalue weighted by atomic mass is 35.5. The summed E-state index contributed by atoms with van der Waals surface area (Å²) >= 11 is 1.49. The molecule has 29 heavy (non-hydrogen) atoms. The Hall–Kier alpha value is -2.35. The number of hydrogen-bond acceptors (Lipinski definition) is 6. The van der Waals surface area contributed by atoms with E-state index in [0.717, 1.165) is 22.5 Å². The number of hydrogen-bond donors (Lipinski definition) is 0. The number of benzene rings is 2. The molecule has 0 unspecified atom stereocenters. The molecule has 2 aromatic carbocycles. The third-order valence-corrected chi connectivity index (χ3v) is 5.26. The van der Waals surface area contributed by atoms with E-state index in [4.69, 9.17) is 14.5 Å². The highest BCUT2D eigenvalue weighted by Crippen LogP contribution is 2.32. The molecule has 3 aromatic rings. The number of thiazole rings is 1. The highest BCUT2D eigenvalue weighted by Gasteiger charge is 2.22. The largest absolute Gasteiger partial charge is 0.497 e. The van der Waals surface area contributed by atoms with E-state index < -0.39 is 0 Å². The average molecular weight is 436 g/mol. The zero-order valence-electron chi connectivity index (χ0n) is 17.0. The summed E-state index contributed by atoms with van der Waals surface area (Å²) in [6.07, 6.45) is 0. The van der Waals surface area contributed by atoms with Gasteiger partial charge in [0.1, 0.15) is 11.5 Å². The molecule has 0 aliphatic rings. The van der Waals surface area contributed by atoms with Crippen LogP contribution in [0.3, 0.4) is 0 Å². The maximum atomic E-state index is 13.3. The number of halogens is 1. The fourth-order valence-corrected chi connectivity index (χ4v) is 3.78. The second-order valence-electron chi connectivity index (χ2n) is 6.55. The number of carbonyl (C=O) groups excluding carboxylic acids is 1. The number of rotatable bonds is 8. The first-order valence-corrected chi connectivity index (χ1v) is 9.97. The minimum Gasteiger partial charge on any atom is -0.497 e. The van der Waals surface area contributed by atoms with Gasteiger partial charge in [-0.1, -0.05) is 17.4 Å². The van der Waals surface area contributed by atoms with Crippen molar-refractivity contribution in [2.75, 3.05) is 45.8 Å². The van der Waals surface area contributed by atoms with Crippen LogP contribution >= 0.6 is 23.7 Å². The Bertz CT molecular complexity index is 961. The van der Waals surface area contributed by atoms with Crippen molar-refractivity contribution in [1.82, 2.24) is 9.88 Å². The van der Waals surface area contributed by atoms with Crippen LogP contribution in [0.25, 0.3) is 10.2 Å². The molecule has 0 bridgehead atoms. The molecule has 0 aliphatic heterocycles. The molecular formula is C21H26ClN3O3S. The second kappa shape index (κ2) is 10.4. The lowest BCUT2D eigenvalue weighted by Crippen LogP contribution is -2.36. The van der Waals surface area contributed by atoms with Crippen LogP contribution in [0.5, 0.6) is 11.5 Å². The molecule has 0 atom stereocenters. The topological polar surface area (TPSA) is 54.9 Å². The van der Waals surface area contributed by atoms with E-state index in [9.17, 15) is 4.79 Å². The molecule has 0 saturated carbocycles. The van der Waals surface area contributed by atoms with Gasteiger partial charge in [-0.05, 0) is 57.4 Å². The molecule has 1 heterocycles. The number of likely N-dealkylation sites (N-methyl/N-ethyl adjacent to an activating group) is 1. The molecule has 156 valence electrons. The third-order valence-electron chi connectivity index (χ3n) is 4.22. The van der Waals surface area contributed by atoms with Crippen molar-refractivity contribution in [3.05, 3.63) is 48.0 Å². The summed E-state index contributed by atoms with van der Waals surface area (Å²) in [5.74, 6) is 1.37. The lowest BCUT2D eigenvalue weighted by molar-refractivity contribution is 0.0985. The summed E-state index contributed by atoms with van der Waals surface area (Å²) in [5, 5.41) is 0.679. The molecule has 0 saturated heterocycles. The SMILES string of the molecule is CCOc1ccc2nc(N(CCN(C)C)C(=O)c3cccc(OC)c3)sc2c1.Cl. The van der Waals surface area contributed by atoms with Crippen molar-refractivity contribution in [3.8, 4) is 11.5 Å². The van der Waals surface area contributed by atoms with Gasteiger partial charge < -0.3 is 14.4 Å². The van der Waals surface area contributed by atoms with Gasteiger partial charge in [-0.15, -0.1) is 12.4 Å². The van der Waals surface area contributed by atoms with E-state index in [1.54, 1.807) is 24.1 Å². The Kier molecular flexibility index (Phi) is 8.25. The minimum absolute atomic E-state index is 0. The molecule has 0 spiro atoms. The normalized spacial score (nSPS) is 10.7. The van der Waals surface area contributed by atoms with E-state index in [-0.39, 0.29) is 18.3 Å². The summed E-state index contributed by atoms with van der Waals surface area (Å²) in [6.45, 7) is 3.84. The molecule has 0 radical (unpaired) electrons. The van der Waals surface area contributed by atoms with E-state index in [1.165, 1.54) is 11.3 Å². The van der Waals surface area contributed by atoms with Gasteiger partial charge in [-0.25, -0.2) is 4.98 Å². The smallest absolute Gasteiger partial charge is 0.260 e.